The van der Waals surface area contributed by atoms with Crippen LogP contribution in [0.15, 0.2) is 60.9 Å². The molecular weight excluding hydrogens is 592 g/mol. The summed E-state index contributed by atoms with van der Waals surface area (Å²) < 4.78 is 12.2. The minimum Gasteiger partial charge on any atom is -0.444 e. The van der Waals surface area contributed by atoms with Crippen molar-refractivity contribution in [3.05, 3.63) is 66.5 Å². The highest BCUT2D eigenvalue weighted by Gasteiger charge is 2.30. The molecule has 2 aromatic heterocycles. The van der Waals surface area contributed by atoms with Crippen LogP contribution < -0.4 is 15.4 Å². The molecule has 2 aromatic carbocycles. The molecule has 0 bridgehead atoms. The van der Waals surface area contributed by atoms with E-state index in [4.69, 9.17) is 14.5 Å². The Labute approximate surface area is 276 Å². The van der Waals surface area contributed by atoms with Gasteiger partial charge >= 0.3 is 6.09 Å². The minimum atomic E-state index is -0.547. The molecule has 1 saturated carbocycles. The van der Waals surface area contributed by atoms with Crippen molar-refractivity contribution in [3.8, 4) is 22.9 Å². The molecule has 1 unspecified atom stereocenters. The van der Waals surface area contributed by atoms with Crippen LogP contribution in [0.3, 0.4) is 0 Å². The van der Waals surface area contributed by atoms with E-state index in [1.165, 1.54) is 0 Å². The minimum absolute atomic E-state index is 0.0129. The Kier molecular flexibility index (Phi) is 9.29. The molecule has 4 aromatic rings. The summed E-state index contributed by atoms with van der Waals surface area (Å²) in [5.74, 6) is 2.06. The lowest BCUT2D eigenvalue weighted by Gasteiger charge is -2.34. The maximum Gasteiger partial charge on any atom is 0.410 e. The number of nitrogens with one attached hydrogen (secondary N) is 2. The van der Waals surface area contributed by atoms with Gasteiger partial charge < -0.3 is 25.0 Å². The molecule has 2 amide bonds. The van der Waals surface area contributed by atoms with E-state index in [0.717, 1.165) is 54.1 Å². The number of hydrogen-bond acceptors (Lipinski definition) is 8. The number of aryl methyl sites for hydroxylation is 1. The zero-order chi connectivity index (χ0) is 33.1. The van der Waals surface area contributed by atoms with Gasteiger partial charge in [-0.1, -0.05) is 37.6 Å². The van der Waals surface area contributed by atoms with Crippen LogP contribution in [0.5, 0.6) is 11.6 Å². The standard InChI is InChI=1S/C37H44N6O4/c1-23-10-6-12-26(23)33(44)41-30-15-7-13-28-27(30)17-16-24(2)32(28)46-34-29(14-8-19-38-34)31-18-20-39-35(42-31)40-25-11-9-21-43(22-25)36(45)47-37(3,4)5/h7-8,13-20,23,25-26H,6,9-12,21-22H2,1-5H3,(H,41,44)(H,39,40,42)/t23?,25-,26+/m0/s1. The van der Waals surface area contributed by atoms with Crippen molar-refractivity contribution in [3.63, 3.8) is 0 Å². The van der Waals surface area contributed by atoms with Gasteiger partial charge in [0.15, 0.2) is 0 Å². The molecule has 2 fully saturated rings. The first-order valence-corrected chi connectivity index (χ1v) is 16.6. The number of hydrogen-bond donors (Lipinski definition) is 2. The maximum atomic E-state index is 13.2. The number of carbonyl (C=O) groups excluding carboxylic acids is 2. The van der Waals surface area contributed by atoms with Crippen LogP contribution >= 0.6 is 0 Å². The van der Waals surface area contributed by atoms with Gasteiger partial charge in [-0.05, 0) is 89.1 Å². The lowest BCUT2D eigenvalue weighted by Crippen LogP contribution is -2.47. The monoisotopic (exact) mass is 636 g/mol. The summed E-state index contributed by atoms with van der Waals surface area (Å²) in [6.07, 6.45) is 7.95. The quantitative estimate of drug-likeness (QED) is 0.210. The number of fused-ring (bicyclic) bond motifs is 1. The van der Waals surface area contributed by atoms with E-state index < -0.39 is 5.60 Å². The zero-order valence-electron chi connectivity index (χ0n) is 27.9. The summed E-state index contributed by atoms with van der Waals surface area (Å²) in [6, 6.07) is 15.5. The van der Waals surface area contributed by atoms with Gasteiger partial charge in [0.05, 0.1) is 11.3 Å². The smallest absolute Gasteiger partial charge is 0.410 e. The van der Waals surface area contributed by atoms with Crippen molar-refractivity contribution in [2.24, 2.45) is 11.8 Å². The lowest BCUT2D eigenvalue weighted by atomic mass is 9.97. The van der Waals surface area contributed by atoms with E-state index in [0.29, 0.717) is 47.8 Å². The number of anilines is 2. The molecule has 2 aliphatic rings. The van der Waals surface area contributed by atoms with Crippen molar-refractivity contribution in [1.82, 2.24) is 19.9 Å². The highest BCUT2D eigenvalue weighted by atomic mass is 16.6. The summed E-state index contributed by atoms with van der Waals surface area (Å²) in [4.78, 5) is 41.5. The average molecular weight is 637 g/mol. The number of amides is 2. The van der Waals surface area contributed by atoms with Gasteiger partial charge in [0.2, 0.25) is 17.7 Å². The second-order valence-electron chi connectivity index (χ2n) is 13.7. The molecule has 10 nitrogen and oxygen atoms in total. The average Bonchev–Trinajstić information content (AvgIpc) is 3.48. The number of rotatable bonds is 7. The molecule has 0 radical (unpaired) electrons. The second kappa shape index (κ2) is 13.6. The van der Waals surface area contributed by atoms with Crippen LogP contribution in [0.2, 0.25) is 0 Å². The van der Waals surface area contributed by atoms with Crippen LogP contribution in [0, 0.1) is 18.8 Å². The van der Waals surface area contributed by atoms with Crippen molar-refractivity contribution in [2.45, 2.75) is 78.4 Å². The van der Waals surface area contributed by atoms with Crippen LogP contribution in [0.4, 0.5) is 16.4 Å². The molecule has 3 atom stereocenters. The van der Waals surface area contributed by atoms with Gasteiger partial charge in [0, 0.05) is 53.9 Å². The first-order valence-electron chi connectivity index (χ1n) is 16.6. The van der Waals surface area contributed by atoms with Gasteiger partial charge in [-0.3, -0.25) is 4.79 Å². The van der Waals surface area contributed by atoms with E-state index in [9.17, 15) is 9.59 Å². The fraction of sp³-hybridized carbons (Fsp3) is 0.432. The number of carbonyl (C=O) groups is 2. The van der Waals surface area contributed by atoms with Crippen LogP contribution in [-0.2, 0) is 9.53 Å². The molecule has 10 heteroatoms. The van der Waals surface area contributed by atoms with Crippen molar-refractivity contribution in [1.29, 1.82) is 0 Å². The highest BCUT2D eigenvalue weighted by Crippen LogP contribution is 2.39. The van der Waals surface area contributed by atoms with Crippen molar-refractivity contribution >= 4 is 34.4 Å². The van der Waals surface area contributed by atoms with Crippen molar-refractivity contribution < 1.29 is 19.1 Å². The van der Waals surface area contributed by atoms with Gasteiger partial charge in [0.1, 0.15) is 11.4 Å². The van der Waals surface area contributed by atoms with Crippen molar-refractivity contribution in [2.75, 3.05) is 23.7 Å². The number of aromatic nitrogens is 3. The van der Waals surface area contributed by atoms with E-state index in [1.54, 1.807) is 17.3 Å². The third-order valence-corrected chi connectivity index (χ3v) is 8.97. The molecule has 0 spiro atoms. The number of likely N-dealkylation sites (tertiary alicyclic amines) is 1. The van der Waals surface area contributed by atoms with Crippen LogP contribution in [0.25, 0.3) is 22.0 Å². The van der Waals surface area contributed by atoms with Gasteiger partial charge in [-0.2, -0.15) is 0 Å². The molecule has 1 saturated heterocycles. The summed E-state index contributed by atoms with van der Waals surface area (Å²) >= 11 is 0. The molecule has 6 rings (SSSR count). The molecule has 47 heavy (non-hydrogen) atoms. The Balaban J connectivity index is 1.23. The second-order valence-corrected chi connectivity index (χ2v) is 13.7. The Morgan fingerprint density at radius 2 is 1.79 bits per heavy atom. The molecule has 1 aliphatic heterocycles. The molecule has 1 aliphatic carbocycles. The van der Waals surface area contributed by atoms with Crippen LogP contribution in [0.1, 0.15) is 65.4 Å². The van der Waals surface area contributed by atoms with E-state index in [2.05, 4.69) is 27.5 Å². The van der Waals surface area contributed by atoms with Crippen LogP contribution in [-0.4, -0.2) is 56.6 Å². The van der Waals surface area contributed by atoms with E-state index in [1.807, 2.05) is 76.2 Å². The van der Waals surface area contributed by atoms with E-state index >= 15 is 0 Å². The zero-order valence-corrected chi connectivity index (χ0v) is 27.9. The number of nitrogens with zero attached hydrogens (tertiary/aromatic N) is 4. The number of pyridine rings is 1. The molecular formula is C37H44N6O4. The first-order chi connectivity index (χ1) is 22.6. The largest absolute Gasteiger partial charge is 0.444 e. The molecule has 3 heterocycles. The summed E-state index contributed by atoms with van der Waals surface area (Å²) in [7, 11) is 0. The number of ether oxygens (including phenoxy) is 2. The summed E-state index contributed by atoms with van der Waals surface area (Å²) in [5.41, 5.74) is 2.54. The Hall–Kier alpha value is -4.73. The van der Waals surface area contributed by atoms with Gasteiger partial charge in [0.25, 0.3) is 0 Å². The predicted molar refractivity (Wildman–Crippen MR) is 184 cm³/mol. The fourth-order valence-electron chi connectivity index (χ4n) is 6.56. The SMILES string of the molecule is Cc1ccc2c(NC(=O)[C@@H]3CCCC3C)cccc2c1Oc1ncccc1-c1ccnc(N[C@H]2CCCN(C(=O)OC(C)(C)C)C2)n1. The Bertz CT molecular complexity index is 1770. The third kappa shape index (κ3) is 7.48. The third-order valence-electron chi connectivity index (χ3n) is 8.97. The molecule has 2 N–H and O–H groups in total. The van der Waals surface area contributed by atoms with Gasteiger partial charge in [-0.15, -0.1) is 0 Å². The van der Waals surface area contributed by atoms with Gasteiger partial charge in [-0.25, -0.2) is 19.7 Å². The summed E-state index contributed by atoms with van der Waals surface area (Å²) in [5, 5.41) is 8.41. The predicted octanol–water partition coefficient (Wildman–Crippen LogP) is 7.98. The Morgan fingerprint density at radius 1 is 0.936 bits per heavy atom. The number of benzene rings is 2. The van der Waals surface area contributed by atoms with E-state index in [-0.39, 0.29) is 24.0 Å². The fourth-order valence-corrected chi connectivity index (χ4v) is 6.56. The lowest BCUT2D eigenvalue weighted by molar-refractivity contribution is -0.120. The molecule has 246 valence electrons. The Morgan fingerprint density at radius 3 is 2.57 bits per heavy atom. The number of piperidine rings is 1. The summed E-state index contributed by atoms with van der Waals surface area (Å²) in [6.45, 7) is 10.9. The highest BCUT2D eigenvalue weighted by molar-refractivity contribution is 6.05. The maximum absolute atomic E-state index is 13.2. The normalized spacial score (nSPS) is 19.8. The topological polar surface area (TPSA) is 119 Å². The first kappa shape index (κ1) is 32.2.